The Bertz CT molecular complexity index is 754. The molecule has 0 saturated carbocycles. The second kappa shape index (κ2) is 7.04. The zero-order chi connectivity index (χ0) is 17.9. The van der Waals surface area contributed by atoms with E-state index >= 15 is 0 Å². The number of alkyl halides is 3. The summed E-state index contributed by atoms with van der Waals surface area (Å²) in [4.78, 5) is 26.5. The molecular weight excluding hydrogens is 341 g/mol. The van der Waals surface area contributed by atoms with Crippen LogP contribution in [0.2, 0.25) is 0 Å². The van der Waals surface area contributed by atoms with Gasteiger partial charge >= 0.3 is 6.18 Å². The van der Waals surface area contributed by atoms with E-state index < -0.39 is 18.6 Å². The summed E-state index contributed by atoms with van der Waals surface area (Å²) in [5.74, 6) is -0.930. The summed E-state index contributed by atoms with van der Waals surface area (Å²) in [7, 11) is 3.29. The van der Waals surface area contributed by atoms with Gasteiger partial charge in [0.15, 0.2) is 0 Å². The summed E-state index contributed by atoms with van der Waals surface area (Å²) in [6.07, 6.45) is -4.46. The molecule has 8 heteroatoms. The first kappa shape index (κ1) is 18.0. The van der Waals surface area contributed by atoms with Crippen LogP contribution in [0.15, 0.2) is 36.4 Å². The van der Waals surface area contributed by atoms with Crippen LogP contribution in [-0.2, 0) is 0 Å². The highest BCUT2D eigenvalue weighted by Crippen LogP contribution is 2.29. The van der Waals surface area contributed by atoms with Gasteiger partial charge in [-0.3, -0.25) is 9.59 Å². The number of carbonyl (C=O) groups excluding carboxylic acids is 2. The van der Waals surface area contributed by atoms with Gasteiger partial charge in [-0.2, -0.15) is 13.2 Å². The molecule has 0 bridgehead atoms. The maximum absolute atomic E-state index is 12.2. The molecule has 2 aromatic rings. The molecule has 1 aromatic heterocycles. The van der Waals surface area contributed by atoms with Crippen molar-refractivity contribution >= 4 is 23.2 Å². The van der Waals surface area contributed by atoms with Gasteiger partial charge < -0.3 is 10.2 Å². The molecule has 128 valence electrons. The number of hydrogen-bond acceptors (Lipinski definition) is 3. The first-order valence-corrected chi connectivity index (χ1v) is 7.76. The lowest BCUT2D eigenvalue weighted by molar-refractivity contribution is -0.123. The fourth-order valence-corrected chi connectivity index (χ4v) is 2.95. The molecule has 0 unspecified atom stereocenters. The van der Waals surface area contributed by atoms with Gasteiger partial charge in [-0.1, -0.05) is 12.1 Å². The predicted molar refractivity (Wildman–Crippen MR) is 86.2 cm³/mol. The van der Waals surface area contributed by atoms with E-state index in [2.05, 4.69) is 0 Å². The second-order valence-corrected chi connectivity index (χ2v) is 6.33. The number of amides is 2. The fraction of sp³-hybridized carbons (Fsp3) is 0.250. The molecule has 1 N–H and O–H groups in total. The van der Waals surface area contributed by atoms with Crippen LogP contribution in [0, 0.1) is 0 Å². The third kappa shape index (κ3) is 4.58. The number of rotatable bonds is 4. The SMILES string of the molecule is CN(C)C(=O)c1ccc(-c2cccc(C(=O)NCC(F)(F)F)c2)s1. The van der Waals surface area contributed by atoms with E-state index in [1.54, 1.807) is 38.4 Å². The van der Waals surface area contributed by atoms with Crippen LogP contribution < -0.4 is 5.32 Å². The van der Waals surface area contributed by atoms with Crippen molar-refractivity contribution in [1.82, 2.24) is 10.2 Å². The van der Waals surface area contributed by atoms with Crippen molar-refractivity contribution < 1.29 is 22.8 Å². The average molecular weight is 356 g/mol. The third-order valence-electron chi connectivity index (χ3n) is 3.08. The van der Waals surface area contributed by atoms with Crippen LogP contribution in [0.4, 0.5) is 13.2 Å². The van der Waals surface area contributed by atoms with Crippen LogP contribution in [-0.4, -0.2) is 43.5 Å². The Hall–Kier alpha value is -2.35. The number of carbonyl (C=O) groups is 2. The van der Waals surface area contributed by atoms with Crippen molar-refractivity contribution in [2.45, 2.75) is 6.18 Å². The van der Waals surface area contributed by atoms with Crippen LogP contribution >= 0.6 is 11.3 Å². The molecule has 0 saturated heterocycles. The van der Waals surface area contributed by atoms with Crippen LogP contribution in [0.25, 0.3) is 10.4 Å². The first-order valence-electron chi connectivity index (χ1n) is 6.94. The van der Waals surface area contributed by atoms with Crippen LogP contribution in [0.3, 0.4) is 0 Å². The van der Waals surface area contributed by atoms with Gasteiger partial charge in [-0.15, -0.1) is 11.3 Å². The van der Waals surface area contributed by atoms with Crippen molar-refractivity contribution in [1.29, 1.82) is 0 Å². The van der Waals surface area contributed by atoms with Crippen LogP contribution in [0.5, 0.6) is 0 Å². The topological polar surface area (TPSA) is 49.4 Å². The molecule has 1 heterocycles. The molecule has 0 aliphatic carbocycles. The van der Waals surface area contributed by atoms with E-state index in [4.69, 9.17) is 0 Å². The zero-order valence-corrected chi connectivity index (χ0v) is 13.8. The number of halogens is 3. The smallest absolute Gasteiger partial charge is 0.344 e. The molecule has 0 spiro atoms. The van der Waals surface area contributed by atoms with E-state index in [-0.39, 0.29) is 11.5 Å². The maximum Gasteiger partial charge on any atom is 0.405 e. The highest BCUT2D eigenvalue weighted by Gasteiger charge is 2.27. The number of nitrogens with one attached hydrogen (secondary N) is 1. The van der Waals surface area contributed by atoms with E-state index in [9.17, 15) is 22.8 Å². The highest BCUT2D eigenvalue weighted by molar-refractivity contribution is 7.17. The molecule has 1 aromatic carbocycles. The lowest BCUT2D eigenvalue weighted by atomic mass is 10.1. The minimum Gasteiger partial charge on any atom is -0.344 e. The molecule has 0 aliphatic heterocycles. The van der Waals surface area contributed by atoms with Crippen molar-refractivity contribution in [3.05, 3.63) is 46.8 Å². The third-order valence-corrected chi connectivity index (χ3v) is 4.20. The molecule has 24 heavy (non-hydrogen) atoms. The molecule has 2 rings (SSSR count). The Morgan fingerprint density at radius 3 is 2.50 bits per heavy atom. The van der Waals surface area contributed by atoms with Crippen molar-refractivity contribution in [3.63, 3.8) is 0 Å². The van der Waals surface area contributed by atoms with Gasteiger partial charge in [-0.05, 0) is 29.8 Å². The zero-order valence-electron chi connectivity index (χ0n) is 13.0. The van der Waals surface area contributed by atoms with Crippen LogP contribution in [0.1, 0.15) is 20.0 Å². The summed E-state index contributed by atoms with van der Waals surface area (Å²) >= 11 is 1.26. The molecule has 0 radical (unpaired) electrons. The predicted octanol–water partition coefficient (Wildman–Crippen LogP) is 3.41. The van der Waals surface area contributed by atoms with Gasteiger partial charge in [-0.25, -0.2) is 0 Å². The van der Waals surface area contributed by atoms with Gasteiger partial charge in [0.1, 0.15) is 6.54 Å². The maximum atomic E-state index is 12.2. The molecule has 0 atom stereocenters. The summed E-state index contributed by atoms with van der Waals surface area (Å²) in [6.45, 7) is -1.38. The Morgan fingerprint density at radius 1 is 1.17 bits per heavy atom. The summed E-state index contributed by atoms with van der Waals surface area (Å²) < 4.78 is 36.5. The highest BCUT2D eigenvalue weighted by atomic mass is 32.1. The molecule has 4 nitrogen and oxygen atoms in total. The van der Waals surface area contributed by atoms with E-state index in [0.717, 1.165) is 4.88 Å². The van der Waals surface area contributed by atoms with E-state index in [1.165, 1.54) is 28.4 Å². The van der Waals surface area contributed by atoms with E-state index in [1.807, 2.05) is 5.32 Å². The molecule has 2 amide bonds. The molecular formula is C16H15F3N2O2S. The summed E-state index contributed by atoms with van der Waals surface area (Å²) in [6, 6.07) is 9.68. The number of thiophene rings is 1. The van der Waals surface area contributed by atoms with Gasteiger partial charge in [0.25, 0.3) is 11.8 Å². The monoisotopic (exact) mass is 356 g/mol. The number of nitrogens with zero attached hydrogens (tertiary/aromatic N) is 1. The standard InChI is InChI=1S/C16H15F3N2O2S/c1-21(2)15(23)13-7-6-12(24-13)10-4-3-5-11(8-10)14(22)20-9-16(17,18)19/h3-8H,9H2,1-2H3,(H,20,22). The molecule has 0 fully saturated rings. The first-order chi connectivity index (χ1) is 11.2. The Kier molecular flexibility index (Phi) is 5.28. The Morgan fingerprint density at radius 2 is 1.88 bits per heavy atom. The Balaban J connectivity index is 2.19. The molecule has 0 aliphatic rings. The fourth-order valence-electron chi connectivity index (χ4n) is 1.92. The summed E-state index contributed by atoms with van der Waals surface area (Å²) in [5, 5.41) is 1.83. The number of hydrogen-bond donors (Lipinski definition) is 1. The van der Waals surface area contributed by atoms with Crippen molar-refractivity contribution in [2.75, 3.05) is 20.6 Å². The quantitative estimate of drug-likeness (QED) is 0.913. The second-order valence-electron chi connectivity index (χ2n) is 5.24. The lowest BCUT2D eigenvalue weighted by Crippen LogP contribution is -2.33. The van der Waals surface area contributed by atoms with Gasteiger partial charge in [0, 0.05) is 24.5 Å². The summed E-state index contributed by atoms with van der Waals surface area (Å²) in [5.41, 5.74) is 0.795. The normalized spacial score (nSPS) is 11.2. The minimum atomic E-state index is -4.46. The van der Waals surface area contributed by atoms with Gasteiger partial charge in [0.05, 0.1) is 4.88 Å². The van der Waals surface area contributed by atoms with Gasteiger partial charge in [0.2, 0.25) is 0 Å². The number of benzene rings is 1. The van der Waals surface area contributed by atoms with Crippen molar-refractivity contribution in [3.8, 4) is 10.4 Å². The minimum absolute atomic E-state index is 0.130. The average Bonchev–Trinajstić information content (AvgIpc) is 3.01. The van der Waals surface area contributed by atoms with Crippen molar-refractivity contribution in [2.24, 2.45) is 0 Å². The van der Waals surface area contributed by atoms with E-state index in [0.29, 0.717) is 10.4 Å². The lowest BCUT2D eigenvalue weighted by Gasteiger charge is -2.09. The largest absolute Gasteiger partial charge is 0.405 e. The Labute approximate surface area is 140 Å².